The Morgan fingerprint density at radius 3 is 3.11 bits per heavy atom. The van der Waals surface area contributed by atoms with E-state index in [1.54, 1.807) is 6.07 Å². The highest BCUT2D eigenvalue weighted by atomic mass is 16.5. The number of nitrogens with one attached hydrogen (secondary N) is 2. The van der Waals surface area contributed by atoms with Crippen LogP contribution >= 0.6 is 0 Å². The zero-order valence-electron chi connectivity index (χ0n) is 11.1. The van der Waals surface area contributed by atoms with E-state index in [1.807, 2.05) is 18.2 Å². The summed E-state index contributed by atoms with van der Waals surface area (Å²) in [4.78, 5) is 11.6. The molecule has 0 amide bonds. The molecule has 0 spiro atoms. The van der Waals surface area contributed by atoms with Crippen LogP contribution in [0.2, 0.25) is 0 Å². The highest BCUT2D eigenvalue weighted by Gasteiger charge is 2.14. The fourth-order valence-electron chi connectivity index (χ4n) is 2.10. The molecule has 1 unspecified atom stereocenters. The van der Waals surface area contributed by atoms with E-state index in [-0.39, 0.29) is 12.1 Å². The van der Waals surface area contributed by atoms with Crippen molar-refractivity contribution in [1.82, 2.24) is 5.32 Å². The molecule has 0 aromatic heterocycles. The average Bonchev–Trinajstić information content (AvgIpc) is 2.48. The Morgan fingerprint density at radius 2 is 2.37 bits per heavy atom. The van der Waals surface area contributed by atoms with Crippen LogP contribution in [-0.4, -0.2) is 45.4 Å². The first-order valence-corrected chi connectivity index (χ1v) is 6.55. The van der Waals surface area contributed by atoms with Gasteiger partial charge in [0.15, 0.2) is 0 Å². The molecule has 2 rings (SSSR count). The molecular formula is C14H20N2O3. The van der Waals surface area contributed by atoms with Gasteiger partial charge in [0.2, 0.25) is 0 Å². The molecule has 1 aliphatic rings. The number of para-hydroxylation sites is 1. The van der Waals surface area contributed by atoms with Crippen LogP contribution in [0, 0.1) is 0 Å². The van der Waals surface area contributed by atoms with E-state index in [1.165, 1.54) is 7.11 Å². The number of rotatable bonds is 5. The van der Waals surface area contributed by atoms with Crippen molar-refractivity contribution in [1.29, 1.82) is 0 Å². The maximum atomic E-state index is 11.6. The smallest absolute Gasteiger partial charge is 0.339 e. The molecule has 0 bridgehead atoms. The molecule has 1 aliphatic heterocycles. The van der Waals surface area contributed by atoms with Crippen LogP contribution in [0.15, 0.2) is 24.3 Å². The van der Waals surface area contributed by atoms with Gasteiger partial charge in [0.05, 0.1) is 25.4 Å². The molecule has 0 aliphatic carbocycles. The van der Waals surface area contributed by atoms with Gasteiger partial charge in [0.1, 0.15) is 0 Å². The first kappa shape index (κ1) is 13.8. The fraction of sp³-hybridized carbons (Fsp3) is 0.500. The molecule has 104 valence electrons. The third-order valence-electron chi connectivity index (χ3n) is 3.12. The lowest BCUT2D eigenvalue weighted by Gasteiger charge is -2.23. The minimum atomic E-state index is -0.321. The highest BCUT2D eigenvalue weighted by Crippen LogP contribution is 2.16. The van der Waals surface area contributed by atoms with Gasteiger partial charge in [-0.15, -0.1) is 0 Å². The summed E-state index contributed by atoms with van der Waals surface area (Å²) in [5.74, 6) is -0.321. The van der Waals surface area contributed by atoms with E-state index in [0.29, 0.717) is 5.56 Å². The third kappa shape index (κ3) is 3.94. The van der Waals surface area contributed by atoms with Crippen LogP contribution in [0.25, 0.3) is 0 Å². The van der Waals surface area contributed by atoms with Gasteiger partial charge in [0.25, 0.3) is 0 Å². The van der Waals surface area contributed by atoms with Gasteiger partial charge in [-0.25, -0.2) is 4.79 Å². The number of anilines is 1. The second kappa shape index (κ2) is 7.11. The minimum absolute atomic E-state index is 0.242. The second-order valence-electron chi connectivity index (χ2n) is 4.45. The molecule has 2 N–H and O–H groups in total. The summed E-state index contributed by atoms with van der Waals surface area (Å²) in [6.45, 7) is 3.35. The summed E-state index contributed by atoms with van der Waals surface area (Å²) in [5, 5.41) is 6.56. The van der Waals surface area contributed by atoms with Gasteiger partial charge < -0.3 is 20.1 Å². The Balaban J connectivity index is 1.86. The van der Waals surface area contributed by atoms with E-state index < -0.39 is 0 Å². The van der Waals surface area contributed by atoms with E-state index in [2.05, 4.69) is 10.6 Å². The van der Waals surface area contributed by atoms with Gasteiger partial charge in [0, 0.05) is 25.3 Å². The van der Waals surface area contributed by atoms with Crippen molar-refractivity contribution < 1.29 is 14.3 Å². The molecule has 1 atom stereocenters. The molecule has 1 aromatic rings. The van der Waals surface area contributed by atoms with E-state index in [0.717, 1.165) is 38.3 Å². The van der Waals surface area contributed by atoms with Crippen LogP contribution in [-0.2, 0) is 9.47 Å². The quantitative estimate of drug-likeness (QED) is 0.784. The van der Waals surface area contributed by atoms with Crippen molar-refractivity contribution in [2.45, 2.75) is 12.5 Å². The van der Waals surface area contributed by atoms with Crippen molar-refractivity contribution in [2.75, 3.05) is 38.7 Å². The molecule has 1 heterocycles. The SMILES string of the molecule is COC(=O)c1ccccc1NCCC1CNCCO1. The van der Waals surface area contributed by atoms with Crippen molar-refractivity contribution in [2.24, 2.45) is 0 Å². The van der Waals surface area contributed by atoms with Crippen LogP contribution in [0.5, 0.6) is 0 Å². The molecule has 5 heteroatoms. The Labute approximate surface area is 113 Å². The lowest BCUT2D eigenvalue weighted by molar-refractivity contribution is 0.0258. The lowest BCUT2D eigenvalue weighted by atomic mass is 10.1. The zero-order chi connectivity index (χ0) is 13.5. The number of hydrogen-bond donors (Lipinski definition) is 2. The predicted molar refractivity (Wildman–Crippen MR) is 73.5 cm³/mol. The number of carbonyl (C=O) groups is 1. The molecule has 0 radical (unpaired) electrons. The molecule has 1 fully saturated rings. The molecule has 19 heavy (non-hydrogen) atoms. The second-order valence-corrected chi connectivity index (χ2v) is 4.45. The molecule has 5 nitrogen and oxygen atoms in total. The van der Waals surface area contributed by atoms with Gasteiger partial charge in [-0.1, -0.05) is 12.1 Å². The summed E-state index contributed by atoms with van der Waals surface area (Å²) >= 11 is 0. The van der Waals surface area contributed by atoms with Crippen LogP contribution in [0.4, 0.5) is 5.69 Å². The monoisotopic (exact) mass is 264 g/mol. The summed E-state index contributed by atoms with van der Waals surface area (Å²) < 4.78 is 10.4. The van der Waals surface area contributed by atoms with E-state index >= 15 is 0 Å². The number of hydrogen-bond acceptors (Lipinski definition) is 5. The van der Waals surface area contributed by atoms with Crippen LogP contribution < -0.4 is 10.6 Å². The number of benzene rings is 1. The van der Waals surface area contributed by atoms with Gasteiger partial charge in [-0.3, -0.25) is 0 Å². The van der Waals surface area contributed by atoms with Gasteiger partial charge in [-0.2, -0.15) is 0 Å². The van der Waals surface area contributed by atoms with E-state index in [4.69, 9.17) is 9.47 Å². The first-order valence-electron chi connectivity index (χ1n) is 6.55. The highest BCUT2D eigenvalue weighted by molar-refractivity contribution is 5.95. The summed E-state index contributed by atoms with van der Waals surface area (Å²) in [6, 6.07) is 7.36. The maximum Gasteiger partial charge on any atom is 0.339 e. The van der Waals surface area contributed by atoms with Gasteiger partial charge in [-0.05, 0) is 18.6 Å². The Kier molecular flexibility index (Phi) is 5.18. The largest absolute Gasteiger partial charge is 0.465 e. The number of morpholine rings is 1. The molecule has 0 saturated carbocycles. The van der Waals surface area contributed by atoms with Crippen LogP contribution in [0.3, 0.4) is 0 Å². The average molecular weight is 264 g/mol. The summed E-state index contributed by atoms with van der Waals surface area (Å²) in [5.41, 5.74) is 1.37. The topological polar surface area (TPSA) is 59.6 Å². The number of methoxy groups -OCH3 is 1. The van der Waals surface area contributed by atoms with Crippen molar-refractivity contribution in [3.8, 4) is 0 Å². The number of ether oxygens (including phenoxy) is 2. The third-order valence-corrected chi connectivity index (χ3v) is 3.12. The standard InChI is InChI=1S/C14H20N2O3/c1-18-14(17)12-4-2-3-5-13(12)16-7-6-11-10-15-8-9-19-11/h2-5,11,15-16H,6-10H2,1H3. The number of esters is 1. The zero-order valence-corrected chi connectivity index (χ0v) is 11.1. The van der Waals surface area contributed by atoms with Gasteiger partial charge >= 0.3 is 5.97 Å². The maximum absolute atomic E-state index is 11.6. The van der Waals surface area contributed by atoms with Crippen molar-refractivity contribution in [3.05, 3.63) is 29.8 Å². The first-order chi connectivity index (χ1) is 9.31. The molecular weight excluding hydrogens is 244 g/mol. The fourth-order valence-corrected chi connectivity index (χ4v) is 2.10. The molecule has 1 saturated heterocycles. The summed E-state index contributed by atoms with van der Waals surface area (Å²) in [7, 11) is 1.39. The predicted octanol–water partition coefficient (Wildman–Crippen LogP) is 1.26. The summed E-state index contributed by atoms with van der Waals surface area (Å²) in [6.07, 6.45) is 1.15. The molecule has 1 aromatic carbocycles. The Bertz CT molecular complexity index is 417. The van der Waals surface area contributed by atoms with E-state index in [9.17, 15) is 4.79 Å². The Hall–Kier alpha value is -1.59. The van der Waals surface area contributed by atoms with Crippen LogP contribution in [0.1, 0.15) is 16.8 Å². The van der Waals surface area contributed by atoms with Crippen molar-refractivity contribution in [3.63, 3.8) is 0 Å². The minimum Gasteiger partial charge on any atom is -0.465 e. The normalized spacial score (nSPS) is 18.9. The van der Waals surface area contributed by atoms with Crippen molar-refractivity contribution >= 4 is 11.7 Å². The Morgan fingerprint density at radius 1 is 1.53 bits per heavy atom. The lowest BCUT2D eigenvalue weighted by Crippen LogP contribution is -2.39. The number of carbonyl (C=O) groups excluding carboxylic acids is 1.